The van der Waals surface area contributed by atoms with Crippen LogP contribution < -0.4 is 5.32 Å². The minimum absolute atomic E-state index is 0.294. The lowest BCUT2D eigenvalue weighted by molar-refractivity contribution is -0.133. The summed E-state index contributed by atoms with van der Waals surface area (Å²) in [5.41, 5.74) is 2.78. The van der Waals surface area contributed by atoms with Gasteiger partial charge in [-0.15, -0.1) is 0 Å². The largest absolute Gasteiger partial charge is 0.356 e. The number of carbonyl (C=O) groups excluding carboxylic acids is 1. The summed E-state index contributed by atoms with van der Waals surface area (Å²) >= 11 is 0. The van der Waals surface area contributed by atoms with Gasteiger partial charge in [-0.2, -0.15) is 0 Å². The van der Waals surface area contributed by atoms with Crippen molar-refractivity contribution in [2.75, 3.05) is 18.4 Å². The van der Waals surface area contributed by atoms with Gasteiger partial charge in [0.25, 0.3) is 0 Å². The van der Waals surface area contributed by atoms with Crippen LogP contribution in [0.15, 0.2) is 16.8 Å². The standard InChI is InChI=1S/C20H25N5O2/c1-12-10-17(27-24-12)16-11-21-20(22-15-4-5-15)23-18(16)13-6-8-25(9-7-13)19(26)14-2-3-14/h10-11,13-15H,2-9H2,1H3,(H,21,22,23). The van der Waals surface area contributed by atoms with E-state index in [-0.39, 0.29) is 0 Å². The van der Waals surface area contributed by atoms with Crippen LogP contribution in [0.5, 0.6) is 0 Å². The highest BCUT2D eigenvalue weighted by Gasteiger charge is 2.36. The Morgan fingerprint density at radius 3 is 2.59 bits per heavy atom. The monoisotopic (exact) mass is 367 g/mol. The molecule has 1 N–H and O–H groups in total. The van der Waals surface area contributed by atoms with E-state index in [1.165, 1.54) is 12.8 Å². The Morgan fingerprint density at radius 1 is 1.19 bits per heavy atom. The van der Waals surface area contributed by atoms with Gasteiger partial charge in [-0.05, 0) is 45.4 Å². The molecule has 2 aromatic rings. The maximum absolute atomic E-state index is 12.3. The molecule has 3 fully saturated rings. The van der Waals surface area contributed by atoms with Gasteiger partial charge in [0, 0.05) is 43.2 Å². The molecule has 7 nitrogen and oxygen atoms in total. The zero-order valence-corrected chi connectivity index (χ0v) is 15.6. The Labute approximate surface area is 158 Å². The van der Waals surface area contributed by atoms with Crippen LogP contribution in [-0.2, 0) is 4.79 Å². The first-order valence-corrected chi connectivity index (χ1v) is 10.0. The van der Waals surface area contributed by atoms with E-state index in [1.54, 1.807) is 0 Å². The molecule has 3 heterocycles. The molecular weight excluding hydrogens is 342 g/mol. The molecular formula is C20H25N5O2. The molecule has 1 saturated heterocycles. The topological polar surface area (TPSA) is 84.2 Å². The molecule has 0 aromatic carbocycles. The number of aryl methyl sites for hydroxylation is 1. The number of amides is 1. The number of aromatic nitrogens is 3. The summed E-state index contributed by atoms with van der Waals surface area (Å²) in [6.45, 7) is 3.53. The van der Waals surface area contributed by atoms with Crippen molar-refractivity contribution in [3.05, 3.63) is 23.7 Å². The predicted molar refractivity (Wildman–Crippen MR) is 100 cm³/mol. The normalized spacial score (nSPS) is 20.7. The summed E-state index contributed by atoms with van der Waals surface area (Å²) in [6.07, 6.45) is 8.21. The zero-order valence-electron chi connectivity index (χ0n) is 15.6. The van der Waals surface area contributed by atoms with Gasteiger partial charge in [0.1, 0.15) is 0 Å². The number of anilines is 1. The quantitative estimate of drug-likeness (QED) is 0.874. The maximum atomic E-state index is 12.3. The van der Waals surface area contributed by atoms with E-state index in [2.05, 4.69) is 15.5 Å². The number of nitrogens with one attached hydrogen (secondary N) is 1. The van der Waals surface area contributed by atoms with E-state index < -0.39 is 0 Å². The fourth-order valence-electron chi connectivity index (χ4n) is 3.83. The number of piperidine rings is 1. The average Bonchev–Trinajstić information content (AvgIpc) is 3.61. The van der Waals surface area contributed by atoms with E-state index in [9.17, 15) is 4.79 Å². The van der Waals surface area contributed by atoms with Gasteiger partial charge < -0.3 is 14.7 Å². The van der Waals surface area contributed by atoms with Crippen LogP contribution in [-0.4, -0.2) is 45.1 Å². The Hall–Kier alpha value is -2.44. The van der Waals surface area contributed by atoms with Gasteiger partial charge in [0.15, 0.2) is 5.76 Å². The third-order valence-electron chi connectivity index (χ3n) is 5.74. The number of rotatable bonds is 5. The highest BCUT2D eigenvalue weighted by Crippen LogP contribution is 2.37. The number of hydrogen-bond donors (Lipinski definition) is 1. The lowest BCUT2D eigenvalue weighted by Gasteiger charge is -2.32. The van der Waals surface area contributed by atoms with Crippen molar-refractivity contribution in [1.29, 1.82) is 0 Å². The van der Waals surface area contributed by atoms with Gasteiger partial charge >= 0.3 is 0 Å². The molecule has 0 unspecified atom stereocenters. The van der Waals surface area contributed by atoms with Crippen molar-refractivity contribution in [3.63, 3.8) is 0 Å². The molecule has 0 atom stereocenters. The SMILES string of the molecule is Cc1cc(-c2cnc(NC3CC3)nc2C2CCN(C(=O)C3CC3)CC2)on1. The van der Waals surface area contributed by atoms with E-state index in [0.717, 1.165) is 61.5 Å². The summed E-state index contributed by atoms with van der Waals surface area (Å²) in [5.74, 6) is 2.36. The van der Waals surface area contributed by atoms with Crippen molar-refractivity contribution < 1.29 is 9.32 Å². The minimum Gasteiger partial charge on any atom is -0.356 e. The van der Waals surface area contributed by atoms with E-state index in [1.807, 2.05) is 24.1 Å². The van der Waals surface area contributed by atoms with Crippen molar-refractivity contribution in [2.24, 2.45) is 5.92 Å². The van der Waals surface area contributed by atoms with Crippen molar-refractivity contribution in [2.45, 2.75) is 57.4 Å². The third kappa shape index (κ3) is 3.55. The summed E-state index contributed by atoms with van der Waals surface area (Å²) in [7, 11) is 0. The average molecular weight is 367 g/mol. The van der Waals surface area contributed by atoms with Crippen LogP contribution in [0, 0.1) is 12.8 Å². The fourth-order valence-corrected chi connectivity index (χ4v) is 3.83. The number of likely N-dealkylation sites (tertiary alicyclic amines) is 1. The lowest BCUT2D eigenvalue weighted by atomic mass is 9.90. The molecule has 27 heavy (non-hydrogen) atoms. The van der Waals surface area contributed by atoms with Crippen LogP contribution >= 0.6 is 0 Å². The first kappa shape index (κ1) is 16.7. The van der Waals surface area contributed by atoms with Crippen LogP contribution in [0.2, 0.25) is 0 Å². The second-order valence-electron chi connectivity index (χ2n) is 8.12. The number of hydrogen-bond acceptors (Lipinski definition) is 6. The molecule has 7 heteroatoms. The van der Waals surface area contributed by atoms with Crippen LogP contribution in [0.25, 0.3) is 11.3 Å². The number of carbonyl (C=O) groups is 1. The van der Waals surface area contributed by atoms with Crippen molar-refractivity contribution in [1.82, 2.24) is 20.0 Å². The fraction of sp³-hybridized carbons (Fsp3) is 0.600. The van der Waals surface area contributed by atoms with Crippen LogP contribution in [0.3, 0.4) is 0 Å². The molecule has 1 amide bonds. The van der Waals surface area contributed by atoms with Crippen LogP contribution in [0.4, 0.5) is 5.95 Å². The molecule has 1 aliphatic heterocycles. The van der Waals surface area contributed by atoms with Gasteiger partial charge in [0.2, 0.25) is 11.9 Å². The molecule has 0 spiro atoms. The van der Waals surface area contributed by atoms with E-state index in [4.69, 9.17) is 9.51 Å². The number of nitrogens with zero attached hydrogens (tertiary/aromatic N) is 4. The maximum Gasteiger partial charge on any atom is 0.225 e. The predicted octanol–water partition coefficient (Wildman–Crippen LogP) is 3.13. The van der Waals surface area contributed by atoms with E-state index in [0.29, 0.717) is 29.7 Å². The zero-order chi connectivity index (χ0) is 18.4. The highest BCUT2D eigenvalue weighted by molar-refractivity contribution is 5.81. The molecule has 2 aromatic heterocycles. The Bertz CT molecular complexity index is 848. The van der Waals surface area contributed by atoms with E-state index >= 15 is 0 Å². The second-order valence-corrected chi connectivity index (χ2v) is 8.12. The molecule has 0 bridgehead atoms. The second kappa shape index (κ2) is 6.62. The van der Waals surface area contributed by atoms with Crippen molar-refractivity contribution >= 4 is 11.9 Å². The first-order chi connectivity index (χ1) is 13.2. The van der Waals surface area contributed by atoms with Gasteiger partial charge in [-0.25, -0.2) is 9.97 Å². The first-order valence-electron chi connectivity index (χ1n) is 10.0. The third-order valence-corrected chi connectivity index (χ3v) is 5.74. The Balaban J connectivity index is 1.39. The molecule has 0 radical (unpaired) electrons. The minimum atomic E-state index is 0.294. The Morgan fingerprint density at radius 2 is 1.96 bits per heavy atom. The lowest BCUT2D eigenvalue weighted by Crippen LogP contribution is -2.39. The summed E-state index contributed by atoms with van der Waals surface area (Å²) in [4.78, 5) is 23.7. The van der Waals surface area contributed by atoms with Gasteiger partial charge in [-0.3, -0.25) is 4.79 Å². The molecule has 2 saturated carbocycles. The van der Waals surface area contributed by atoms with Gasteiger partial charge in [0.05, 0.1) is 17.0 Å². The smallest absolute Gasteiger partial charge is 0.225 e. The molecule has 142 valence electrons. The van der Waals surface area contributed by atoms with Gasteiger partial charge in [-0.1, -0.05) is 5.16 Å². The molecule has 2 aliphatic carbocycles. The Kier molecular flexibility index (Phi) is 4.10. The molecule has 5 rings (SSSR count). The van der Waals surface area contributed by atoms with Crippen LogP contribution in [0.1, 0.15) is 55.8 Å². The van der Waals surface area contributed by atoms with Crippen molar-refractivity contribution in [3.8, 4) is 11.3 Å². The highest BCUT2D eigenvalue weighted by atomic mass is 16.5. The summed E-state index contributed by atoms with van der Waals surface area (Å²) < 4.78 is 5.50. The molecule has 3 aliphatic rings. The summed E-state index contributed by atoms with van der Waals surface area (Å²) in [5, 5.41) is 7.42. The summed E-state index contributed by atoms with van der Waals surface area (Å²) in [6, 6.07) is 2.44.